The number of rotatable bonds is 4. The van der Waals surface area contributed by atoms with Crippen molar-refractivity contribution >= 4 is 40.7 Å². The minimum absolute atomic E-state index is 0.100. The van der Waals surface area contributed by atoms with Crippen LogP contribution in [0.25, 0.3) is 0 Å². The molecule has 0 aliphatic heterocycles. The summed E-state index contributed by atoms with van der Waals surface area (Å²) in [6.07, 6.45) is 2.07. The average Bonchev–Trinajstić information content (AvgIpc) is 2.42. The van der Waals surface area contributed by atoms with Gasteiger partial charge in [0.2, 0.25) is 0 Å². The lowest BCUT2D eigenvalue weighted by Gasteiger charge is -2.18. The molecule has 1 N–H and O–H groups in total. The highest BCUT2D eigenvalue weighted by atomic mass is 35.5. The average molecular weight is 312 g/mol. The van der Waals surface area contributed by atoms with Crippen molar-refractivity contribution in [1.29, 1.82) is 0 Å². The van der Waals surface area contributed by atoms with Crippen molar-refractivity contribution in [3.8, 4) is 0 Å². The van der Waals surface area contributed by atoms with Gasteiger partial charge in [-0.3, -0.25) is 0 Å². The fraction of sp³-hybridized carbons (Fsp3) is 0.200. The molecule has 2 aromatic carbocycles. The molecule has 1 unspecified atom stereocenters. The van der Waals surface area contributed by atoms with Crippen molar-refractivity contribution in [2.24, 2.45) is 0 Å². The zero-order valence-electron chi connectivity index (χ0n) is 10.8. The van der Waals surface area contributed by atoms with Crippen molar-refractivity contribution in [1.82, 2.24) is 0 Å². The second-order valence-electron chi connectivity index (χ2n) is 4.24. The Labute approximate surface area is 128 Å². The molecule has 19 heavy (non-hydrogen) atoms. The van der Waals surface area contributed by atoms with Crippen LogP contribution in [0.4, 0.5) is 5.69 Å². The maximum atomic E-state index is 6.24. The molecule has 0 saturated heterocycles. The summed E-state index contributed by atoms with van der Waals surface area (Å²) in [7, 11) is 0. The molecule has 0 aliphatic rings. The Morgan fingerprint density at radius 1 is 1.11 bits per heavy atom. The van der Waals surface area contributed by atoms with E-state index >= 15 is 0 Å². The van der Waals surface area contributed by atoms with Gasteiger partial charge in [-0.1, -0.05) is 41.4 Å². The van der Waals surface area contributed by atoms with Crippen LogP contribution in [0.2, 0.25) is 10.0 Å². The van der Waals surface area contributed by atoms with Crippen molar-refractivity contribution in [2.45, 2.75) is 17.9 Å². The molecule has 2 rings (SSSR count). The molecule has 100 valence electrons. The van der Waals surface area contributed by atoms with Crippen LogP contribution in [0.3, 0.4) is 0 Å². The third-order valence-electron chi connectivity index (χ3n) is 2.90. The predicted molar refractivity (Wildman–Crippen MR) is 86.7 cm³/mol. The van der Waals surface area contributed by atoms with Crippen LogP contribution in [0.1, 0.15) is 18.5 Å². The van der Waals surface area contributed by atoms with Gasteiger partial charge in [-0.15, -0.1) is 11.8 Å². The van der Waals surface area contributed by atoms with Crippen LogP contribution < -0.4 is 5.32 Å². The van der Waals surface area contributed by atoms with Gasteiger partial charge in [0, 0.05) is 10.6 Å². The molecular formula is C15H15Cl2NS. The first-order valence-corrected chi connectivity index (χ1v) is 7.94. The van der Waals surface area contributed by atoms with E-state index in [1.54, 1.807) is 17.8 Å². The first-order chi connectivity index (χ1) is 9.11. The summed E-state index contributed by atoms with van der Waals surface area (Å²) in [5, 5.41) is 4.65. The molecule has 0 aliphatic carbocycles. The predicted octanol–water partition coefficient (Wildman–Crippen LogP) is 5.89. The van der Waals surface area contributed by atoms with Crippen LogP contribution >= 0.6 is 35.0 Å². The molecule has 0 amide bonds. The standard InChI is InChI=1S/C15H15Cl2NS/c1-10(13-7-4-8-14(16)15(13)17)18-11-5-3-6-12(9-11)19-2/h3-10,18H,1-2H3. The normalized spacial score (nSPS) is 12.2. The van der Waals surface area contributed by atoms with Gasteiger partial charge in [0.05, 0.1) is 16.1 Å². The lowest BCUT2D eigenvalue weighted by Crippen LogP contribution is -2.07. The highest BCUT2D eigenvalue weighted by Crippen LogP contribution is 2.31. The van der Waals surface area contributed by atoms with Crippen molar-refractivity contribution in [3.63, 3.8) is 0 Å². The van der Waals surface area contributed by atoms with Crippen molar-refractivity contribution < 1.29 is 0 Å². The molecule has 0 aromatic heterocycles. The molecule has 0 heterocycles. The largest absolute Gasteiger partial charge is 0.378 e. The van der Waals surface area contributed by atoms with E-state index in [2.05, 4.69) is 36.7 Å². The summed E-state index contributed by atoms with van der Waals surface area (Å²) >= 11 is 14.0. The zero-order chi connectivity index (χ0) is 13.8. The Morgan fingerprint density at radius 2 is 1.84 bits per heavy atom. The molecule has 0 saturated carbocycles. The molecule has 0 spiro atoms. The maximum Gasteiger partial charge on any atom is 0.0644 e. The first kappa shape index (κ1) is 14.6. The van der Waals surface area contributed by atoms with E-state index in [4.69, 9.17) is 23.2 Å². The molecule has 1 atom stereocenters. The summed E-state index contributed by atoms with van der Waals surface area (Å²) < 4.78 is 0. The van der Waals surface area contributed by atoms with Crippen molar-refractivity contribution in [2.75, 3.05) is 11.6 Å². The summed E-state index contributed by atoms with van der Waals surface area (Å²) in [6.45, 7) is 2.07. The van der Waals surface area contributed by atoms with Gasteiger partial charge in [-0.05, 0) is 43.0 Å². The molecule has 1 nitrogen and oxygen atoms in total. The lowest BCUT2D eigenvalue weighted by molar-refractivity contribution is 0.884. The monoisotopic (exact) mass is 311 g/mol. The van der Waals surface area contributed by atoms with Crippen LogP contribution in [-0.2, 0) is 0 Å². The van der Waals surface area contributed by atoms with E-state index < -0.39 is 0 Å². The SMILES string of the molecule is CSc1cccc(NC(C)c2cccc(Cl)c2Cl)c1. The Hall–Kier alpha value is -0.830. The van der Waals surface area contributed by atoms with Gasteiger partial charge < -0.3 is 5.32 Å². The Kier molecular flexibility index (Phi) is 5.03. The number of hydrogen-bond donors (Lipinski definition) is 1. The van der Waals surface area contributed by atoms with Gasteiger partial charge in [0.15, 0.2) is 0 Å². The third-order valence-corrected chi connectivity index (χ3v) is 4.46. The number of benzene rings is 2. The van der Waals surface area contributed by atoms with Crippen LogP contribution in [0.15, 0.2) is 47.4 Å². The summed E-state index contributed by atoms with van der Waals surface area (Å²) in [4.78, 5) is 1.23. The summed E-state index contributed by atoms with van der Waals surface area (Å²) in [5.41, 5.74) is 2.08. The minimum atomic E-state index is 0.100. The quantitative estimate of drug-likeness (QED) is 0.707. The summed E-state index contributed by atoms with van der Waals surface area (Å²) in [6, 6.07) is 14.1. The van der Waals surface area contributed by atoms with Gasteiger partial charge in [0.1, 0.15) is 0 Å². The van der Waals surface area contributed by atoms with Crippen LogP contribution in [0.5, 0.6) is 0 Å². The number of thioether (sulfide) groups is 1. The highest BCUT2D eigenvalue weighted by molar-refractivity contribution is 7.98. The highest BCUT2D eigenvalue weighted by Gasteiger charge is 2.11. The Morgan fingerprint density at radius 3 is 2.58 bits per heavy atom. The maximum absolute atomic E-state index is 6.24. The van der Waals surface area contributed by atoms with Crippen LogP contribution in [-0.4, -0.2) is 6.26 Å². The van der Waals surface area contributed by atoms with E-state index in [0.717, 1.165) is 11.3 Å². The summed E-state index contributed by atoms with van der Waals surface area (Å²) in [5.74, 6) is 0. The third kappa shape index (κ3) is 3.59. The number of nitrogens with one attached hydrogen (secondary N) is 1. The van der Waals surface area contributed by atoms with Gasteiger partial charge in [-0.2, -0.15) is 0 Å². The minimum Gasteiger partial charge on any atom is -0.378 e. The number of hydrogen-bond acceptors (Lipinski definition) is 2. The first-order valence-electron chi connectivity index (χ1n) is 5.96. The second kappa shape index (κ2) is 6.56. The zero-order valence-corrected chi connectivity index (χ0v) is 13.1. The molecule has 2 aromatic rings. The van der Waals surface area contributed by atoms with Crippen LogP contribution in [0, 0.1) is 0 Å². The Balaban J connectivity index is 2.20. The van der Waals surface area contributed by atoms with Gasteiger partial charge >= 0.3 is 0 Å². The molecular weight excluding hydrogens is 297 g/mol. The molecule has 0 radical (unpaired) electrons. The smallest absolute Gasteiger partial charge is 0.0644 e. The van der Waals surface area contributed by atoms with E-state index in [-0.39, 0.29) is 6.04 Å². The molecule has 0 bridgehead atoms. The number of anilines is 1. The van der Waals surface area contributed by atoms with E-state index in [1.165, 1.54) is 4.90 Å². The Bertz CT molecular complexity index is 572. The van der Waals surface area contributed by atoms with E-state index in [1.807, 2.05) is 18.2 Å². The lowest BCUT2D eigenvalue weighted by atomic mass is 10.1. The number of halogens is 2. The van der Waals surface area contributed by atoms with Gasteiger partial charge in [0.25, 0.3) is 0 Å². The topological polar surface area (TPSA) is 12.0 Å². The molecule has 0 fully saturated rings. The fourth-order valence-electron chi connectivity index (χ4n) is 1.90. The second-order valence-corrected chi connectivity index (χ2v) is 5.91. The fourth-order valence-corrected chi connectivity index (χ4v) is 2.83. The molecule has 4 heteroatoms. The van der Waals surface area contributed by atoms with Gasteiger partial charge in [-0.25, -0.2) is 0 Å². The van der Waals surface area contributed by atoms with E-state index in [9.17, 15) is 0 Å². The van der Waals surface area contributed by atoms with E-state index in [0.29, 0.717) is 10.0 Å². The van der Waals surface area contributed by atoms with Crippen molar-refractivity contribution in [3.05, 3.63) is 58.1 Å².